The van der Waals surface area contributed by atoms with E-state index in [0.717, 1.165) is 19.4 Å². The second-order valence-electron chi connectivity index (χ2n) is 5.88. The lowest BCUT2D eigenvalue weighted by atomic mass is 10.0. The van der Waals surface area contributed by atoms with Crippen LogP contribution in [0.2, 0.25) is 0 Å². The van der Waals surface area contributed by atoms with Crippen molar-refractivity contribution in [2.75, 3.05) is 11.4 Å². The summed E-state index contributed by atoms with van der Waals surface area (Å²) in [6.07, 6.45) is 11.3. The topological polar surface area (TPSA) is 3.24 Å². The van der Waals surface area contributed by atoms with Crippen molar-refractivity contribution in [3.8, 4) is 0 Å². The van der Waals surface area contributed by atoms with E-state index >= 15 is 0 Å². The molecule has 0 atom stereocenters. The fourth-order valence-electron chi connectivity index (χ4n) is 2.72. The minimum atomic E-state index is 0.918. The Morgan fingerprint density at radius 1 is 1.14 bits per heavy atom. The van der Waals surface area contributed by atoms with Gasteiger partial charge in [-0.2, -0.15) is 0 Å². The van der Waals surface area contributed by atoms with Gasteiger partial charge in [0.2, 0.25) is 0 Å². The SMILES string of the molecule is C/C=C(C)\C(C)=C/CN(C1=C(C)C=CCC1)c1ccccc1. The van der Waals surface area contributed by atoms with Crippen LogP contribution in [0.25, 0.3) is 0 Å². The van der Waals surface area contributed by atoms with Gasteiger partial charge >= 0.3 is 0 Å². The number of para-hydroxylation sites is 1. The first kappa shape index (κ1) is 16.4. The maximum absolute atomic E-state index is 2.45. The second kappa shape index (κ2) is 7.84. The summed E-state index contributed by atoms with van der Waals surface area (Å²) in [7, 11) is 0. The fourth-order valence-corrected chi connectivity index (χ4v) is 2.72. The molecule has 0 aromatic heterocycles. The van der Waals surface area contributed by atoms with Crippen LogP contribution in [0.5, 0.6) is 0 Å². The highest BCUT2D eigenvalue weighted by molar-refractivity contribution is 5.55. The summed E-state index contributed by atoms with van der Waals surface area (Å²) in [5.41, 5.74) is 6.80. The van der Waals surface area contributed by atoms with Crippen LogP contribution in [-0.4, -0.2) is 6.54 Å². The first-order valence-corrected chi connectivity index (χ1v) is 8.12. The van der Waals surface area contributed by atoms with Crippen molar-refractivity contribution in [1.29, 1.82) is 0 Å². The van der Waals surface area contributed by atoms with Crippen molar-refractivity contribution in [3.63, 3.8) is 0 Å². The Kier molecular flexibility index (Phi) is 5.83. The van der Waals surface area contributed by atoms with Crippen LogP contribution in [0.4, 0.5) is 5.69 Å². The largest absolute Gasteiger partial charge is 0.341 e. The van der Waals surface area contributed by atoms with Crippen molar-refractivity contribution < 1.29 is 0 Å². The molecule has 1 aromatic rings. The molecule has 0 bridgehead atoms. The molecule has 2 rings (SSSR count). The van der Waals surface area contributed by atoms with Crippen molar-refractivity contribution >= 4 is 5.69 Å². The molecule has 1 aromatic carbocycles. The van der Waals surface area contributed by atoms with Gasteiger partial charge in [-0.15, -0.1) is 0 Å². The fraction of sp³-hybridized carbons (Fsp3) is 0.333. The molecule has 0 saturated carbocycles. The first-order valence-electron chi connectivity index (χ1n) is 8.12. The molecule has 22 heavy (non-hydrogen) atoms. The van der Waals surface area contributed by atoms with Crippen molar-refractivity contribution in [3.05, 3.63) is 77.1 Å². The average molecular weight is 293 g/mol. The van der Waals surface area contributed by atoms with Crippen LogP contribution in [-0.2, 0) is 0 Å². The van der Waals surface area contributed by atoms with E-state index in [1.807, 2.05) is 0 Å². The van der Waals surface area contributed by atoms with Crippen LogP contribution in [0.1, 0.15) is 40.5 Å². The molecule has 0 saturated heterocycles. The Morgan fingerprint density at radius 3 is 2.50 bits per heavy atom. The second-order valence-corrected chi connectivity index (χ2v) is 5.88. The third-order valence-corrected chi connectivity index (χ3v) is 4.40. The number of benzene rings is 1. The Bertz CT molecular complexity index is 615. The predicted molar refractivity (Wildman–Crippen MR) is 98.1 cm³/mol. The van der Waals surface area contributed by atoms with Gasteiger partial charge in [-0.3, -0.25) is 0 Å². The van der Waals surface area contributed by atoms with Gasteiger partial charge in [-0.25, -0.2) is 0 Å². The molecular weight excluding hydrogens is 266 g/mol. The lowest BCUT2D eigenvalue weighted by Crippen LogP contribution is -2.24. The highest BCUT2D eigenvalue weighted by Gasteiger charge is 2.14. The number of hydrogen-bond acceptors (Lipinski definition) is 1. The van der Waals surface area contributed by atoms with Gasteiger partial charge in [0.05, 0.1) is 0 Å². The minimum Gasteiger partial charge on any atom is -0.341 e. The lowest BCUT2D eigenvalue weighted by molar-refractivity contribution is 0.849. The average Bonchev–Trinajstić information content (AvgIpc) is 2.56. The third kappa shape index (κ3) is 4.00. The van der Waals surface area contributed by atoms with E-state index in [4.69, 9.17) is 0 Å². The number of nitrogens with zero attached hydrogens (tertiary/aromatic N) is 1. The maximum atomic E-state index is 2.45. The van der Waals surface area contributed by atoms with Gasteiger partial charge in [0.15, 0.2) is 0 Å². The van der Waals surface area contributed by atoms with Gasteiger partial charge in [0.25, 0.3) is 0 Å². The molecule has 0 amide bonds. The Hall–Kier alpha value is -2.02. The summed E-state index contributed by atoms with van der Waals surface area (Å²) in [5, 5.41) is 0. The van der Waals surface area contributed by atoms with E-state index in [2.05, 4.69) is 87.2 Å². The molecule has 0 aliphatic heterocycles. The van der Waals surface area contributed by atoms with E-state index in [9.17, 15) is 0 Å². The molecule has 0 radical (unpaired) electrons. The summed E-state index contributed by atoms with van der Waals surface area (Å²) >= 11 is 0. The molecule has 0 spiro atoms. The zero-order chi connectivity index (χ0) is 15.9. The quantitative estimate of drug-likeness (QED) is 0.599. The monoisotopic (exact) mass is 293 g/mol. The summed E-state index contributed by atoms with van der Waals surface area (Å²) in [6, 6.07) is 10.7. The van der Waals surface area contributed by atoms with Gasteiger partial charge < -0.3 is 4.90 Å². The summed E-state index contributed by atoms with van der Waals surface area (Å²) in [5.74, 6) is 0. The van der Waals surface area contributed by atoms with Crippen LogP contribution in [0.15, 0.2) is 77.1 Å². The smallest absolute Gasteiger partial charge is 0.0414 e. The van der Waals surface area contributed by atoms with E-state index in [1.165, 1.54) is 28.1 Å². The molecular formula is C21H27N. The highest BCUT2D eigenvalue weighted by atomic mass is 15.1. The van der Waals surface area contributed by atoms with E-state index in [-0.39, 0.29) is 0 Å². The highest BCUT2D eigenvalue weighted by Crippen LogP contribution is 2.28. The minimum absolute atomic E-state index is 0.918. The van der Waals surface area contributed by atoms with Gasteiger partial charge in [0, 0.05) is 17.9 Å². The molecule has 1 aliphatic carbocycles. The third-order valence-electron chi connectivity index (χ3n) is 4.40. The van der Waals surface area contributed by atoms with Crippen molar-refractivity contribution in [1.82, 2.24) is 0 Å². The van der Waals surface area contributed by atoms with Gasteiger partial charge in [0.1, 0.15) is 0 Å². The molecule has 0 heterocycles. The maximum Gasteiger partial charge on any atom is 0.0414 e. The number of hydrogen-bond donors (Lipinski definition) is 0. The van der Waals surface area contributed by atoms with Crippen molar-refractivity contribution in [2.24, 2.45) is 0 Å². The summed E-state index contributed by atoms with van der Waals surface area (Å²) in [4.78, 5) is 2.45. The summed E-state index contributed by atoms with van der Waals surface area (Å²) < 4.78 is 0. The van der Waals surface area contributed by atoms with Crippen LogP contribution < -0.4 is 4.90 Å². The Labute approximate surface area is 135 Å². The van der Waals surface area contributed by atoms with E-state index in [0.29, 0.717) is 0 Å². The van der Waals surface area contributed by atoms with Gasteiger partial charge in [-0.1, -0.05) is 53.6 Å². The summed E-state index contributed by atoms with van der Waals surface area (Å²) in [6.45, 7) is 9.60. The molecule has 1 nitrogen and oxygen atoms in total. The number of allylic oxidation sites excluding steroid dienone is 7. The lowest BCUT2D eigenvalue weighted by Gasteiger charge is -2.29. The Balaban J connectivity index is 2.33. The van der Waals surface area contributed by atoms with E-state index < -0.39 is 0 Å². The zero-order valence-corrected chi connectivity index (χ0v) is 14.3. The van der Waals surface area contributed by atoms with Crippen LogP contribution >= 0.6 is 0 Å². The van der Waals surface area contributed by atoms with Crippen molar-refractivity contribution in [2.45, 2.75) is 40.5 Å². The van der Waals surface area contributed by atoms with Gasteiger partial charge in [-0.05, 0) is 58.2 Å². The molecule has 116 valence electrons. The molecule has 1 aliphatic rings. The van der Waals surface area contributed by atoms with Crippen LogP contribution in [0, 0.1) is 0 Å². The molecule has 0 fully saturated rings. The standard InChI is InChI=1S/C21H27N/c1-5-17(2)18(3)15-16-22(20-12-7-6-8-13-20)21-14-10-9-11-19(21)4/h5-9,11-13,15H,10,14,16H2,1-4H3/b17-5-,18-15-. The molecule has 0 N–H and O–H groups in total. The predicted octanol–water partition coefficient (Wildman–Crippen LogP) is 6.03. The first-order chi connectivity index (χ1) is 10.6. The van der Waals surface area contributed by atoms with E-state index in [1.54, 1.807) is 0 Å². The molecule has 1 heteroatoms. The Morgan fingerprint density at radius 2 is 1.86 bits per heavy atom. The number of anilines is 1. The molecule has 0 unspecified atom stereocenters. The zero-order valence-electron chi connectivity index (χ0n) is 14.3. The normalized spacial score (nSPS) is 16.2. The number of rotatable bonds is 5. The van der Waals surface area contributed by atoms with Crippen LogP contribution in [0.3, 0.4) is 0 Å².